The highest BCUT2D eigenvalue weighted by atomic mass is 79.9. The first-order valence-electron chi connectivity index (χ1n) is 7.69. The third kappa shape index (κ3) is 4.32. The summed E-state index contributed by atoms with van der Waals surface area (Å²) in [6.07, 6.45) is 1.37. The second-order valence-corrected chi connectivity index (χ2v) is 10.1. The van der Waals surface area contributed by atoms with E-state index in [1.54, 1.807) is 23.3 Å². The van der Waals surface area contributed by atoms with Gasteiger partial charge in [0, 0.05) is 50.8 Å². The fraction of sp³-hybridized carbons (Fsp3) is 0.400. The predicted octanol–water partition coefficient (Wildman–Crippen LogP) is 1.45. The lowest BCUT2D eigenvalue weighted by Crippen LogP contribution is -2.48. The van der Waals surface area contributed by atoms with Crippen LogP contribution in [0.15, 0.2) is 33.1 Å². The zero-order valence-corrected chi connectivity index (χ0v) is 16.9. The fourth-order valence-corrected chi connectivity index (χ4v) is 4.94. The molecule has 0 radical (unpaired) electrons. The van der Waals surface area contributed by atoms with E-state index >= 15 is 0 Å². The Labute approximate surface area is 159 Å². The van der Waals surface area contributed by atoms with E-state index in [2.05, 4.69) is 26.9 Å². The summed E-state index contributed by atoms with van der Waals surface area (Å²) in [7, 11) is -2.17. The van der Waals surface area contributed by atoms with Gasteiger partial charge in [-0.2, -0.15) is 0 Å². The Balaban J connectivity index is 1.63. The molecule has 1 fully saturated rings. The van der Waals surface area contributed by atoms with E-state index in [9.17, 15) is 13.2 Å². The molecule has 3 rings (SSSR count). The number of carbonyl (C=O) groups excluding carboxylic acids is 1. The van der Waals surface area contributed by atoms with Crippen LogP contribution in [0.5, 0.6) is 0 Å². The summed E-state index contributed by atoms with van der Waals surface area (Å²) in [5.74, 6) is -0.170. The minimum Gasteiger partial charge on any atom is -0.345 e. The Morgan fingerprint density at radius 1 is 1.28 bits per heavy atom. The van der Waals surface area contributed by atoms with E-state index in [1.165, 1.54) is 21.7 Å². The Hall–Kier alpha value is -1.20. The van der Waals surface area contributed by atoms with Gasteiger partial charge in [0.2, 0.25) is 10.0 Å². The molecule has 2 N–H and O–H groups in total. The number of nitrogens with two attached hydrogens (primary N) is 1. The molecule has 1 aliphatic heterocycles. The highest BCUT2D eigenvalue weighted by Gasteiger charge is 2.25. The molecule has 25 heavy (non-hydrogen) atoms. The number of hydrogen-bond donors (Lipinski definition) is 1. The number of sulfonamides is 1. The number of thiophene rings is 1. The van der Waals surface area contributed by atoms with Gasteiger partial charge in [-0.3, -0.25) is 9.69 Å². The van der Waals surface area contributed by atoms with Gasteiger partial charge in [0.05, 0.1) is 3.79 Å². The summed E-state index contributed by atoms with van der Waals surface area (Å²) in [5.41, 5.74) is 0.333. The predicted molar refractivity (Wildman–Crippen MR) is 100.0 cm³/mol. The van der Waals surface area contributed by atoms with Crippen molar-refractivity contribution in [1.29, 1.82) is 0 Å². The number of nitrogens with zero attached hydrogens (tertiary/aromatic N) is 3. The van der Waals surface area contributed by atoms with Gasteiger partial charge >= 0.3 is 0 Å². The van der Waals surface area contributed by atoms with Gasteiger partial charge in [0.1, 0.15) is 10.6 Å². The summed E-state index contributed by atoms with van der Waals surface area (Å²) >= 11 is 5.18. The van der Waals surface area contributed by atoms with Crippen molar-refractivity contribution >= 4 is 43.2 Å². The van der Waals surface area contributed by atoms with E-state index in [0.717, 1.165) is 23.4 Å². The number of piperazine rings is 1. The molecule has 0 bridgehead atoms. The third-order valence-corrected chi connectivity index (χ3v) is 6.68. The topological polar surface area (TPSA) is 88.6 Å². The Bertz CT molecular complexity index is 882. The van der Waals surface area contributed by atoms with Gasteiger partial charge in [0.15, 0.2) is 0 Å². The SMILES string of the molecule is Cn1cc(S(N)(=O)=O)cc1C(=O)N1CCN(Cc2ccc(Br)s2)CC1. The van der Waals surface area contributed by atoms with Crippen LogP contribution in [0.25, 0.3) is 0 Å². The molecular formula is C15H19BrN4O3S2. The molecule has 1 saturated heterocycles. The largest absolute Gasteiger partial charge is 0.345 e. The van der Waals surface area contributed by atoms with E-state index < -0.39 is 10.0 Å². The van der Waals surface area contributed by atoms with E-state index in [-0.39, 0.29) is 10.8 Å². The van der Waals surface area contributed by atoms with E-state index in [4.69, 9.17) is 5.14 Å². The standard InChI is InChI=1S/C15H19BrN4O3S2/c1-18-10-12(25(17,22)23)8-13(18)15(21)20-6-4-19(5-7-20)9-11-2-3-14(16)24-11/h2-3,8,10H,4-7,9H2,1H3,(H2,17,22,23). The molecule has 2 aromatic rings. The number of aryl methyl sites for hydroxylation is 1. The number of carbonyl (C=O) groups is 1. The highest BCUT2D eigenvalue weighted by molar-refractivity contribution is 9.11. The highest BCUT2D eigenvalue weighted by Crippen LogP contribution is 2.24. The smallest absolute Gasteiger partial charge is 0.270 e. The number of hydrogen-bond acceptors (Lipinski definition) is 5. The summed E-state index contributed by atoms with van der Waals surface area (Å²) in [6, 6.07) is 5.48. The van der Waals surface area contributed by atoms with Gasteiger partial charge in [0.25, 0.3) is 5.91 Å². The zero-order chi connectivity index (χ0) is 18.2. The number of primary sulfonamides is 1. The van der Waals surface area contributed by atoms with Crippen LogP contribution in [-0.2, 0) is 23.6 Å². The Morgan fingerprint density at radius 2 is 1.96 bits per heavy atom. The lowest BCUT2D eigenvalue weighted by molar-refractivity contribution is 0.0620. The van der Waals surface area contributed by atoms with E-state index in [0.29, 0.717) is 18.8 Å². The average molecular weight is 447 g/mol. The number of rotatable bonds is 4. The summed E-state index contributed by atoms with van der Waals surface area (Å²) in [4.78, 5) is 18.0. The van der Waals surface area contributed by atoms with Crippen molar-refractivity contribution in [2.24, 2.45) is 12.2 Å². The monoisotopic (exact) mass is 446 g/mol. The first-order valence-corrected chi connectivity index (χ1v) is 10.8. The molecule has 0 saturated carbocycles. The molecule has 0 spiro atoms. The lowest BCUT2D eigenvalue weighted by atomic mass is 10.2. The molecule has 3 heterocycles. The first kappa shape index (κ1) is 18.6. The summed E-state index contributed by atoms with van der Waals surface area (Å²) in [5, 5.41) is 5.14. The van der Waals surface area contributed by atoms with Crippen molar-refractivity contribution < 1.29 is 13.2 Å². The second-order valence-electron chi connectivity index (χ2n) is 5.99. The molecule has 0 unspecified atom stereocenters. The number of amides is 1. The quantitative estimate of drug-likeness (QED) is 0.769. The molecule has 2 aromatic heterocycles. The maximum absolute atomic E-state index is 12.7. The Morgan fingerprint density at radius 3 is 2.48 bits per heavy atom. The minimum absolute atomic E-state index is 0.0414. The minimum atomic E-state index is -3.81. The van der Waals surface area contributed by atoms with Gasteiger partial charge in [-0.1, -0.05) is 0 Å². The van der Waals surface area contributed by atoms with Crippen LogP contribution in [-0.4, -0.2) is 54.9 Å². The first-order chi connectivity index (χ1) is 11.7. The molecule has 7 nitrogen and oxygen atoms in total. The van der Waals surface area contributed by atoms with Crippen molar-refractivity contribution in [3.05, 3.63) is 38.8 Å². The molecular weight excluding hydrogens is 428 g/mol. The van der Waals surface area contributed by atoms with Crippen molar-refractivity contribution in [2.45, 2.75) is 11.4 Å². The van der Waals surface area contributed by atoms with Crippen molar-refractivity contribution in [3.63, 3.8) is 0 Å². The van der Waals surface area contributed by atoms with Crippen LogP contribution in [0.3, 0.4) is 0 Å². The van der Waals surface area contributed by atoms with Gasteiger partial charge < -0.3 is 9.47 Å². The normalized spacial score (nSPS) is 16.4. The average Bonchev–Trinajstić information content (AvgIpc) is 3.13. The Kier molecular flexibility index (Phi) is 5.35. The van der Waals surface area contributed by atoms with Crippen molar-refractivity contribution in [1.82, 2.24) is 14.4 Å². The molecule has 0 aromatic carbocycles. The van der Waals surface area contributed by atoms with Crippen LogP contribution in [0.1, 0.15) is 15.4 Å². The number of halogens is 1. The van der Waals surface area contributed by atoms with Gasteiger partial charge in [-0.15, -0.1) is 11.3 Å². The van der Waals surface area contributed by atoms with Crippen LogP contribution >= 0.6 is 27.3 Å². The zero-order valence-electron chi connectivity index (χ0n) is 13.7. The molecule has 1 aliphatic rings. The maximum atomic E-state index is 12.7. The molecule has 0 atom stereocenters. The van der Waals surface area contributed by atoms with Gasteiger partial charge in [-0.25, -0.2) is 13.6 Å². The number of aromatic nitrogens is 1. The maximum Gasteiger partial charge on any atom is 0.270 e. The van der Waals surface area contributed by atoms with Gasteiger partial charge in [-0.05, 0) is 34.1 Å². The fourth-order valence-electron chi connectivity index (χ4n) is 2.83. The molecule has 10 heteroatoms. The van der Waals surface area contributed by atoms with Crippen LogP contribution < -0.4 is 5.14 Å². The molecule has 1 amide bonds. The van der Waals surface area contributed by atoms with Crippen molar-refractivity contribution in [3.8, 4) is 0 Å². The van der Waals surface area contributed by atoms with Crippen LogP contribution in [0.4, 0.5) is 0 Å². The van der Waals surface area contributed by atoms with Crippen LogP contribution in [0.2, 0.25) is 0 Å². The third-order valence-electron chi connectivity index (χ3n) is 4.20. The van der Waals surface area contributed by atoms with Crippen LogP contribution in [0, 0.1) is 0 Å². The van der Waals surface area contributed by atoms with E-state index in [1.807, 2.05) is 6.07 Å². The second kappa shape index (κ2) is 7.20. The summed E-state index contributed by atoms with van der Waals surface area (Å²) < 4.78 is 25.5. The molecule has 136 valence electrons. The lowest BCUT2D eigenvalue weighted by Gasteiger charge is -2.34. The summed E-state index contributed by atoms with van der Waals surface area (Å²) in [6.45, 7) is 3.67. The molecule has 0 aliphatic carbocycles. The van der Waals surface area contributed by atoms with Crippen molar-refractivity contribution in [2.75, 3.05) is 26.2 Å².